The number of para-hydroxylation sites is 2. The van der Waals surface area contributed by atoms with Crippen LogP contribution in [0.4, 0.5) is 4.39 Å². The van der Waals surface area contributed by atoms with Gasteiger partial charge in [-0.05, 0) is 37.1 Å². The molecular weight excluding hydrogens is 389 g/mol. The minimum atomic E-state index is -0.304. The lowest BCUT2D eigenvalue weighted by Gasteiger charge is -2.12. The van der Waals surface area contributed by atoms with Crippen molar-refractivity contribution >= 4 is 28.5 Å². The molecule has 154 valence electrons. The molecule has 0 radical (unpaired) electrons. The van der Waals surface area contributed by atoms with Crippen molar-refractivity contribution in [3.05, 3.63) is 64.7 Å². The maximum atomic E-state index is 14.3. The van der Waals surface area contributed by atoms with Gasteiger partial charge in [-0.25, -0.2) is 9.37 Å². The number of fused-ring (bicyclic) bond motifs is 1. The van der Waals surface area contributed by atoms with Crippen molar-refractivity contribution in [2.24, 2.45) is 5.92 Å². The molecule has 6 heteroatoms. The molecule has 3 aromatic rings. The third-order valence-electron chi connectivity index (χ3n) is 5.01. The van der Waals surface area contributed by atoms with Crippen LogP contribution >= 0.6 is 11.6 Å². The van der Waals surface area contributed by atoms with Crippen LogP contribution in [0.25, 0.3) is 11.0 Å². The van der Waals surface area contributed by atoms with E-state index in [1.54, 1.807) is 12.1 Å². The molecule has 0 aliphatic heterocycles. The molecule has 0 atom stereocenters. The van der Waals surface area contributed by atoms with E-state index in [0.29, 0.717) is 23.7 Å². The van der Waals surface area contributed by atoms with Gasteiger partial charge in [0.2, 0.25) is 5.91 Å². The minimum Gasteiger partial charge on any atom is -0.356 e. The van der Waals surface area contributed by atoms with Crippen LogP contribution in [0.15, 0.2) is 42.5 Å². The summed E-state index contributed by atoms with van der Waals surface area (Å²) >= 11 is 6.25. The number of hydrogen-bond acceptors (Lipinski definition) is 2. The number of halogens is 2. The second kappa shape index (κ2) is 9.88. The van der Waals surface area contributed by atoms with Crippen LogP contribution in [0.3, 0.4) is 0 Å². The maximum Gasteiger partial charge on any atom is 0.222 e. The van der Waals surface area contributed by atoms with E-state index in [-0.39, 0.29) is 17.6 Å². The Morgan fingerprint density at radius 2 is 1.93 bits per heavy atom. The van der Waals surface area contributed by atoms with E-state index >= 15 is 0 Å². The zero-order valence-corrected chi connectivity index (χ0v) is 17.7. The van der Waals surface area contributed by atoms with Crippen LogP contribution in [-0.4, -0.2) is 22.0 Å². The van der Waals surface area contributed by atoms with E-state index in [1.807, 2.05) is 38.1 Å². The Labute approximate surface area is 176 Å². The maximum absolute atomic E-state index is 14.3. The standard InChI is InChI=1S/C23H27ClFN3O/c1-16(2)23(29)26-14-7-3-4-13-22-27-20-11-5-6-12-21(20)28(22)15-17-18(24)9-8-10-19(17)25/h5-6,8-12,16H,3-4,7,13-15H2,1-2H3,(H,26,29). The summed E-state index contributed by atoms with van der Waals surface area (Å²) in [5.41, 5.74) is 2.36. The summed E-state index contributed by atoms with van der Waals surface area (Å²) in [5.74, 6) is 0.729. The average Bonchev–Trinajstić information content (AvgIpc) is 3.04. The van der Waals surface area contributed by atoms with Gasteiger partial charge in [0.25, 0.3) is 0 Å². The summed E-state index contributed by atoms with van der Waals surface area (Å²) in [4.78, 5) is 16.4. The SMILES string of the molecule is CC(C)C(=O)NCCCCCc1nc2ccccc2n1Cc1c(F)cccc1Cl. The fraction of sp³-hybridized carbons (Fsp3) is 0.391. The Morgan fingerprint density at radius 3 is 2.69 bits per heavy atom. The van der Waals surface area contributed by atoms with Crippen LogP contribution < -0.4 is 5.32 Å². The third-order valence-corrected chi connectivity index (χ3v) is 5.37. The first-order valence-electron chi connectivity index (χ1n) is 10.1. The summed E-state index contributed by atoms with van der Waals surface area (Å²) in [5, 5.41) is 3.37. The fourth-order valence-electron chi connectivity index (χ4n) is 3.33. The summed E-state index contributed by atoms with van der Waals surface area (Å²) in [6.45, 7) is 4.83. The van der Waals surface area contributed by atoms with Gasteiger partial charge in [-0.2, -0.15) is 0 Å². The average molecular weight is 416 g/mol. The van der Waals surface area contributed by atoms with Crippen molar-refractivity contribution in [3.63, 3.8) is 0 Å². The van der Waals surface area contributed by atoms with Gasteiger partial charge in [0.1, 0.15) is 11.6 Å². The number of carbonyl (C=O) groups excluding carboxylic acids is 1. The molecule has 0 bridgehead atoms. The highest BCUT2D eigenvalue weighted by atomic mass is 35.5. The molecule has 1 heterocycles. The highest BCUT2D eigenvalue weighted by molar-refractivity contribution is 6.31. The van der Waals surface area contributed by atoms with E-state index in [4.69, 9.17) is 16.6 Å². The first-order chi connectivity index (χ1) is 14.0. The van der Waals surface area contributed by atoms with Gasteiger partial charge in [-0.3, -0.25) is 4.79 Å². The molecule has 4 nitrogen and oxygen atoms in total. The van der Waals surface area contributed by atoms with Gasteiger partial charge < -0.3 is 9.88 Å². The van der Waals surface area contributed by atoms with E-state index in [2.05, 4.69) is 9.88 Å². The monoisotopic (exact) mass is 415 g/mol. The van der Waals surface area contributed by atoms with Crippen LogP contribution in [-0.2, 0) is 17.8 Å². The first kappa shape index (κ1) is 21.3. The molecule has 0 saturated carbocycles. The minimum absolute atomic E-state index is 0.0140. The normalized spacial score (nSPS) is 11.3. The number of carbonyl (C=O) groups is 1. The van der Waals surface area contributed by atoms with Gasteiger partial charge in [-0.1, -0.05) is 50.1 Å². The van der Waals surface area contributed by atoms with Gasteiger partial charge in [0.15, 0.2) is 0 Å². The largest absolute Gasteiger partial charge is 0.356 e. The van der Waals surface area contributed by atoms with E-state index < -0.39 is 0 Å². The number of amides is 1. The first-order valence-corrected chi connectivity index (χ1v) is 10.5. The van der Waals surface area contributed by atoms with Crippen LogP contribution in [0.2, 0.25) is 5.02 Å². The second-order valence-corrected chi connectivity index (χ2v) is 7.97. The highest BCUT2D eigenvalue weighted by Crippen LogP contribution is 2.24. The summed E-state index contributed by atoms with van der Waals surface area (Å²) < 4.78 is 16.4. The lowest BCUT2D eigenvalue weighted by atomic mass is 10.1. The second-order valence-electron chi connectivity index (χ2n) is 7.56. The van der Waals surface area contributed by atoms with Crippen molar-refractivity contribution in [1.29, 1.82) is 0 Å². The number of nitrogens with one attached hydrogen (secondary N) is 1. The van der Waals surface area contributed by atoms with Crippen molar-refractivity contribution in [2.45, 2.75) is 46.1 Å². The van der Waals surface area contributed by atoms with Crippen molar-refractivity contribution in [3.8, 4) is 0 Å². The molecule has 1 aromatic heterocycles. The number of rotatable bonds is 9. The summed E-state index contributed by atoms with van der Waals surface area (Å²) in [7, 11) is 0. The number of aryl methyl sites for hydroxylation is 1. The number of hydrogen-bond donors (Lipinski definition) is 1. The molecule has 1 amide bonds. The Balaban J connectivity index is 1.68. The number of nitrogens with zero attached hydrogens (tertiary/aromatic N) is 2. The third kappa shape index (κ3) is 5.36. The van der Waals surface area contributed by atoms with E-state index in [1.165, 1.54) is 6.07 Å². The molecule has 1 N–H and O–H groups in total. The highest BCUT2D eigenvalue weighted by Gasteiger charge is 2.14. The van der Waals surface area contributed by atoms with Crippen molar-refractivity contribution < 1.29 is 9.18 Å². The molecule has 29 heavy (non-hydrogen) atoms. The molecule has 0 aliphatic rings. The lowest BCUT2D eigenvalue weighted by Crippen LogP contribution is -2.28. The van der Waals surface area contributed by atoms with Crippen LogP contribution in [0, 0.1) is 11.7 Å². The van der Waals surface area contributed by atoms with Gasteiger partial charge >= 0.3 is 0 Å². The molecule has 2 aromatic carbocycles. The predicted octanol–water partition coefficient (Wildman–Crippen LogP) is 5.36. The fourth-order valence-corrected chi connectivity index (χ4v) is 3.56. The number of imidazole rings is 1. The quantitative estimate of drug-likeness (QED) is 0.478. The van der Waals surface area contributed by atoms with Gasteiger partial charge in [0, 0.05) is 29.5 Å². The van der Waals surface area contributed by atoms with E-state index in [0.717, 1.165) is 42.5 Å². The molecule has 0 fully saturated rings. The number of aromatic nitrogens is 2. The summed E-state index contributed by atoms with van der Waals surface area (Å²) in [6, 6.07) is 12.7. The van der Waals surface area contributed by atoms with Crippen molar-refractivity contribution in [1.82, 2.24) is 14.9 Å². The molecular formula is C23H27ClFN3O. The Bertz CT molecular complexity index is 963. The predicted molar refractivity (Wildman–Crippen MR) is 116 cm³/mol. The summed E-state index contributed by atoms with van der Waals surface area (Å²) in [6.07, 6.45) is 3.66. The lowest BCUT2D eigenvalue weighted by molar-refractivity contribution is -0.123. The smallest absolute Gasteiger partial charge is 0.222 e. The van der Waals surface area contributed by atoms with E-state index in [9.17, 15) is 9.18 Å². The molecule has 0 unspecified atom stereocenters. The van der Waals surface area contributed by atoms with Gasteiger partial charge in [-0.15, -0.1) is 0 Å². The van der Waals surface area contributed by atoms with Crippen LogP contribution in [0.5, 0.6) is 0 Å². The molecule has 3 rings (SSSR count). The zero-order chi connectivity index (χ0) is 20.8. The van der Waals surface area contributed by atoms with Crippen molar-refractivity contribution in [2.75, 3.05) is 6.54 Å². The molecule has 0 spiro atoms. The van der Waals surface area contributed by atoms with Crippen LogP contribution in [0.1, 0.15) is 44.5 Å². The van der Waals surface area contributed by atoms with Gasteiger partial charge in [0.05, 0.1) is 17.6 Å². The number of unbranched alkanes of at least 4 members (excludes halogenated alkanes) is 2. The Kier molecular flexibility index (Phi) is 7.26. The molecule has 0 saturated heterocycles. The Hall–Kier alpha value is -2.40. The molecule has 0 aliphatic carbocycles. The zero-order valence-electron chi connectivity index (χ0n) is 16.9. The Morgan fingerprint density at radius 1 is 1.14 bits per heavy atom. The topological polar surface area (TPSA) is 46.9 Å². The number of benzene rings is 2.